The molecule has 3 aromatic carbocycles. The van der Waals surface area contributed by atoms with E-state index in [4.69, 9.17) is 23.2 Å². The molecule has 0 bridgehead atoms. The van der Waals surface area contributed by atoms with Crippen molar-refractivity contribution in [3.05, 3.63) is 94.0 Å². The third-order valence-electron chi connectivity index (χ3n) is 5.06. The van der Waals surface area contributed by atoms with Crippen LogP contribution < -0.4 is 9.62 Å². The summed E-state index contributed by atoms with van der Waals surface area (Å²) < 4.78 is 27.8. The third kappa shape index (κ3) is 5.63. The number of carbonyl (C=O) groups is 1. The van der Waals surface area contributed by atoms with Gasteiger partial charge in [-0.15, -0.1) is 0 Å². The SMILES string of the molecule is CCc1ccc(C(C)NC(=O)CN(c2cc(Cl)ccc2Cl)S(=O)(=O)c2ccccc2)cc1. The molecule has 168 valence electrons. The summed E-state index contributed by atoms with van der Waals surface area (Å²) in [6, 6.07) is 20.0. The van der Waals surface area contributed by atoms with Crippen LogP contribution in [0.15, 0.2) is 77.7 Å². The number of hydrogen-bond donors (Lipinski definition) is 1. The summed E-state index contributed by atoms with van der Waals surface area (Å²) in [7, 11) is -4.07. The number of hydrogen-bond acceptors (Lipinski definition) is 3. The Kier molecular flexibility index (Phi) is 7.82. The summed E-state index contributed by atoms with van der Waals surface area (Å²) in [6.45, 7) is 3.47. The van der Waals surface area contributed by atoms with E-state index in [-0.39, 0.29) is 21.6 Å². The molecule has 0 aliphatic carbocycles. The molecule has 32 heavy (non-hydrogen) atoms. The van der Waals surface area contributed by atoms with Gasteiger partial charge in [-0.05, 0) is 54.8 Å². The van der Waals surface area contributed by atoms with Crippen LogP contribution in [0, 0.1) is 0 Å². The van der Waals surface area contributed by atoms with E-state index in [1.807, 2.05) is 31.2 Å². The first kappa shape index (κ1) is 24.1. The highest BCUT2D eigenvalue weighted by atomic mass is 35.5. The Bertz CT molecular complexity index is 1180. The average Bonchev–Trinajstić information content (AvgIpc) is 2.79. The quantitative estimate of drug-likeness (QED) is 0.444. The van der Waals surface area contributed by atoms with E-state index in [0.717, 1.165) is 16.3 Å². The standard InChI is InChI=1S/C24H24Cl2N2O3S/c1-3-18-9-11-19(12-10-18)17(2)27-24(29)16-28(23-15-20(25)13-14-22(23)26)32(30,31)21-7-5-4-6-8-21/h4-15,17H,3,16H2,1-2H3,(H,27,29). The topological polar surface area (TPSA) is 66.5 Å². The van der Waals surface area contributed by atoms with Crippen LogP contribution in [-0.2, 0) is 21.2 Å². The van der Waals surface area contributed by atoms with E-state index in [1.54, 1.807) is 24.3 Å². The summed E-state index contributed by atoms with van der Waals surface area (Å²) in [5.41, 5.74) is 2.26. The van der Waals surface area contributed by atoms with Gasteiger partial charge in [0.2, 0.25) is 5.91 Å². The Balaban J connectivity index is 1.90. The highest BCUT2D eigenvalue weighted by molar-refractivity contribution is 7.92. The van der Waals surface area contributed by atoms with Crippen molar-refractivity contribution in [1.82, 2.24) is 5.32 Å². The number of rotatable bonds is 8. The highest BCUT2D eigenvalue weighted by Gasteiger charge is 2.29. The summed E-state index contributed by atoms with van der Waals surface area (Å²) in [5, 5.41) is 3.35. The second-order valence-electron chi connectivity index (χ2n) is 7.30. The zero-order valence-electron chi connectivity index (χ0n) is 17.8. The molecule has 0 heterocycles. The fraction of sp³-hybridized carbons (Fsp3) is 0.208. The van der Waals surface area contributed by atoms with Gasteiger partial charge >= 0.3 is 0 Å². The number of amides is 1. The fourth-order valence-electron chi connectivity index (χ4n) is 3.24. The van der Waals surface area contributed by atoms with Gasteiger partial charge in [-0.1, -0.05) is 72.6 Å². The van der Waals surface area contributed by atoms with Crippen molar-refractivity contribution in [1.29, 1.82) is 0 Å². The third-order valence-corrected chi connectivity index (χ3v) is 7.39. The Hall–Kier alpha value is -2.54. The first-order chi connectivity index (χ1) is 15.2. The van der Waals surface area contributed by atoms with Crippen molar-refractivity contribution >= 4 is 44.8 Å². The molecule has 0 aliphatic rings. The molecule has 0 spiro atoms. The van der Waals surface area contributed by atoms with Gasteiger partial charge in [-0.25, -0.2) is 8.42 Å². The number of carbonyl (C=O) groups excluding carboxylic acids is 1. The molecule has 8 heteroatoms. The molecule has 0 radical (unpaired) electrons. The molecule has 1 unspecified atom stereocenters. The van der Waals surface area contributed by atoms with Crippen molar-refractivity contribution < 1.29 is 13.2 Å². The lowest BCUT2D eigenvalue weighted by atomic mass is 10.1. The van der Waals surface area contributed by atoms with E-state index in [0.29, 0.717) is 5.02 Å². The summed E-state index contributed by atoms with van der Waals surface area (Å²) in [4.78, 5) is 13.0. The average molecular weight is 491 g/mol. The molecular formula is C24H24Cl2N2O3S. The second-order valence-corrected chi connectivity index (χ2v) is 10.0. The Labute approximate surface area is 199 Å². The van der Waals surface area contributed by atoms with Crippen LogP contribution >= 0.6 is 23.2 Å². The Morgan fingerprint density at radius 2 is 1.66 bits per heavy atom. The molecule has 1 atom stereocenters. The molecule has 0 aromatic heterocycles. The van der Waals surface area contributed by atoms with Gasteiger partial charge in [0, 0.05) is 5.02 Å². The summed E-state index contributed by atoms with van der Waals surface area (Å²) in [6.07, 6.45) is 0.924. The summed E-state index contributed by atoms with van der Waals surface area (Å²) in [5.74, 6) is -0.465. The molecule has 0 aliphatic heterocycles. The minimum Gasteiger partial charge on any atom is -0.348 e. The van der Waals surface area contributed by atoms with Crippen LogP contribution in [0.25, 0.3) is 0 Å². The zero-order chi connectivity index (χ0) is 23.3. The van der Waals surface area contributed by atoms with Crippen molar-refractivity contribution in [2.75, 3.05) is 10.8 Å². The van der Waals surface area contributed by atoms with Crippen LogP contribution in [0.3, 0.4) is 0 Å². The van der Waals surface area contributed by atoms with E-state index in [1.165, 1.54) is 29.8 Å². The lowest BCUT2D eigenvalue weighted by Gasteiger charge is -2.26. The molecular weight excluding hydrogens is 467 g/mol. The Morgan fingerprint density at radius 1 is 1.00 bits per heavy atom. The van der Waals surface area contributed by atoms with E-state index in [9.17, 15) is 13.2 Å². The van der Waals surface area contributed by atoms with Gasteiger partial charge in [-0.2, -0.15) is 0 Å². The van der Waals surface area contributed by atoms with Crippen molar-refractivity contribution in [3.8, 4) is 0 Å². The van der Waals surface area contributed by atoms with E-state index in [2.05, 4.69) is 12.2 Å². The monoisotopic (exact) mass is 490 g/mol. The second kappa shape index (κ2) is 10.4. The number of sulfonamides is 1. The van der Waals surface area contributed by atoms with Crippen LogP contribution in [0.1, 0.15) is 31.0 Å². The summed E-state index contributed by atoms with van der Waals surface area (Å²) >= 11 is 12.4. The van der Waals surface area contributed by atoms with Crippen LogP contribution in [-0.4, -0.2) is 20.9 Å². The van der Waals surface area contributed by atoms with E-state index >= 15 is 0 Å². The maximum absolute atomic E-state index is 13.4. The minimum absolute atomic E-state index is 0.0482. The largest absolute Gasteiger partial charge is 0.348 e. The van der Waals surface area contributed by atoms with Crippen molar-refractivity contribution in [2.45, 2.75) is 31.2 Å². The highest BCUT2D eigenvalue weighted by Crippen LogP contribution is 2.33. The van der Waals surface area contributed by atoms with Crippen molar-refractivity contribution in [2.24, 2.45) is 0 Å². The number of halogens is 2. The number of nitrogens with one attached hydrogen (secondary N) is 1. The van der Waals surface area contributed by atoms with Gasteiger partial charge in [0.05, 0.1) is 21.6 Å². The lowest BCUT2D eigenvalue weighted by molar-refractivity contribution is -0.120. The fourth-order valence-corrected chi connectivity index (χ4v) is 5.13. The minimum atomic E-state index is -4.07. The van der Waals surface area contributed by atoms with Gasteiger partial charge in [0.15, 0.2) is 0 Å². The molecule has 3 rings (SSSR count). The van der Waals surface area contributed by atoms with Crippen LogP contribution in [0.5, 0.6) is 0 Å². The molecule has 3 aromatic rings. The van der Waals surface area contributed by atoms with E-state index < -0.39 is 22.5 Å². The number of nitrogens with zero attached hydrogens (tertiary/aromatic N) is 1. The predicted octanol–water partition coefficient (Wildman–Crippen LogP) is 5.63. The number of benzene rings is 3. The molecule has 0 saturated carbocycles. The van der Waals surface area contributed by atoms with Crippen LogP contribution in [0.2, 0.25) is 10.0 Å². The maximum atomic E-state index is 13.4. The molecule has 5 nitrogen and oxygen atoms in total. The van der Waals surface area contributed by atoms with Gasteiger partial charge in [0.25, 0.3) is 10.0 Å². The molecule has 0 fully saturated rings. The normalized spacial score (nSPS) is 12.2. The lowest BCUT2D eigenvalue weighted by Crippen LogP contribution is -2.41. The Morgan fingerprint density at radius 3 is 2.28 bits per heavy atom. The maximum Gasteiger partial charge on any atom is 0.264 e. The molecule has 1 N–H and O–H groups in total. The van der Waals surface area contributed by atoms with Gasteiger partial charge in [0.1, 0.15) is 6.54 Å². The van der Waals surface area contributed by atoms with Gasteiger partial charge in [-0.3, -0.25) is 9.10 Å². The first-order valence-corrected chi connectivity index (χ1v) is 12.3. The predicted molar refractivity (Wildman–Crippen MR) is 130 cm³/mol. The van der Waals surface area contributed by atoms with Gasteiger partial charge < -0.3 is 5.32 Å². The molecule has 1 amide bonds. The van der Waals surface area contributed by atoms with Crippen molar-refractivity contribution in [3.63, 3.8) is 0 Å². The first-order valence-electron chi connectivity index (χ1n) is 10.1. The molecule has 0 saturated heterocycles. The number of aryl methyl sites for hydroxylation is 1. The van der Waals surface area contributed by atoms with Crippen LogP contribution in [0.4, 0.5) is 5.69 Å². The number of anilines is 1. The zero-order valence-corrected chi connectivity index (χ0v) is 20.1. The smallest absolute Gasteiger partial charge is 0.264 e.